The molecule has 4 nitrogen and oxygen atoms in total. The van der Waals surface area contributed by atoms with Gasteiger partial charge in [-0.25, -0.2) is 0 Å². The largest absolute Gasteiger partial charge is 0.341 e. The first-order valence-electron chi connectivity index (χ1n) is 4.39. The topological polar surface area (TPSA) is 41.9 Å². The molecule has 0 spiro atoms. The van der Waals surface area contributed by atoms with E-state index < -0.39 is 0 Å². The molecule has 0 amide bonds. The molecular formula is C7H12N4S4. The van der Waals surface area contributed by atoms with Crippen LogP contribution in [0, 0.1) is 0 Å². The molecule has 8 heteroatoms. The average Bonchev–Trinajstić information content (AvgIpc) is 2.30. The summed E-state index contributed by atoms with van der Waals surface area (Å²) in [7, 11) is 2.42. The Kier molecular flexibility index (Phi) is 5.95. The Bertz CT molecular complexity index is 296. The lowest BCUT2D eigenvalue weighted by Crippen LogP contribution is -2.24. The Balaban J connectivity index is 3.05. The number of anilines is 1. The van der Waals surface area contributed by atoms with Gasteiger partial charge in [-0.15, -0.1) is 23.3 Å². The zero-order valence-electron chi connectivity index (χ0n) is 8.41. The lowest BCUT2D eigenvalue weighted by Gasteiger charge is -2.18. The maximum absolute atomic E-state index is 4.28. The molecule has 0 radical (unpaired) electrons. The predicted molar refractivity (Wildman–Crippen MR) is 73.1 cm³/mol. The highest BCUT2D eigenvalue weighted by atomic mass is 33.1. The van der Waals surface area contributed by atoms with Gasteiger partial charge in [0.2, 0.25) is 16.3 Å². The summed E-state index contributed by atoms with van der Waals surface area (Å²) in [5.41, 5.74) is 0. The summed E-state index contributed by atoms with van der Waals surface area (Å²) in [6.45, 7) is 5.87. The highest BCUT2D eigenvalue weighted by Gasteiger charge is 2.10. The van der Waals surface area contributed by atoms with Crippen LogP contribution in [0.25, 0.3) is 0 Å². The van der Waals surface area contributed by atoms with Gasteiger partial charge in [0, 0.05) is 13.1 Å². The van der Waals surface area contributed by atoms with E-state index in [9.17, 15) is 0 Å². The monoisotopic (exact) mass is 280 g/mol. The van der Waals surface area contributed by atoms with Crippen LogP contribution in [-0.2, 0) is 0 Å². The first-order valence-corrected chi connectivity index (χ1v) is 8.12. The summed E-state index contributed by atoms with van der Waals surface area (Å²) in [5.74, 6) is 0.683. The molecule has 0 N–H and O–H groups in total. The number of hydrogen-bond donors (Lipinski definition) is 2. The molecule has 0 aromatic carbocycles. The Morgan fingerprint density at radius 2 is 1.47 bits per heavy atom. The van der Waals surface area contributed by atoms with E-state index in [1.807, 2.05) is 0 Å². The Morgan fingerprint density at radius 3 is 1.80 bits per heavy atom. The van der Waals surface area contributed by atoms with Crippen molar-refractivity contribution in [1.82, 2.24) is 15.0 Å². The fourth-order valence-corrected chi connectivity index (χ4v) is 2.10. The molecule has 1 rings (SSSR count). The zero-order valence-corrected chi connectivity index (χ0v) is 11.8. The smallest absolute Gasteiger partial charge is 0.230 e. The van der Waals surface area contributed by atoms with E-state index in [-0.39, 0.29) is 0 Å². The standard InChI is InChI=1S/C7H12N4S4/c1-3-11(4-2)5-8-6(14-12)10-7(9-5)15-13/h12-13H,3-4H2,1-2H3. The summed E-state index contributed by atoms with van der Waals surface area (Å²) in [6, 6.07) is 0. The molecule has 0 aliphatic carbocycles. The third kappa shape index (κ3) is 3.61. The van der Waals surface area contributed by atoms with E-state index in [4.69, 9.17) is 0 Å². The van der Waals surface area contributed by atoms with Crippen molar-refractivity contribution < 1.29 is 0 Å². The van der Waals surface area contributed by atoms with Crippen molar-refractivity contribution >= 4 is 50.9 Å². The van der Waals surface area contributed by atoms with Gasteiger partial charge in [-0.05, 0) is 35.4 Å². The van der Waals surface area contributed by atoms with Crippen molar-refractivity contribution in [2.75, 3.05) is 18.0 Å². The third-order valence-corrected chi connectivity index (χ3v) is 3.46. The Labute approximate surface area is 108 Å². The van der Waals surface area contributed by atoms with Gasteiger partial charge >= 0.3 is 0 Å². The SMILES string of the molecule is CCN(CC)c1nc(SS)nc(SS)n1. The van der Waals surface area contributed by atoms with Crippen LogP contribution < -0.4 is 4.90 Å². The number of rotatable bonds is 5. The molecule has 84 valence electrons. The summed E-state index contributed by atoms with van der Waals surface area (Å²) >= 11 is 8.16. The number of aromatic nitrogens is 3. The molecule has 0 aliphatic heterocycles. The van der Waals surface area contributed by atoms with Crippen molar-refractivity contribution in [2.45, 2.75) is 24.2 Å². The van der Waals surface area contributed by atoms with Crippen LogP contribution in [-0.4, -0.2) is 28.0 Å². The second kappa shape index (κ2) is 6.72. The molecule has 0 bridgehead atoms. The predicted octanol–water partition coefficient (Wildman–Crippen LogP) is 2.59. The minimum Gasteiger partial charge on any atom is -0.341 e. The first-order chi connectivity index (χ1) is 7.24. The molecule has 0 saturated carbocycles. The van der Waals surface area contributed by atoms with Gasteiger partial charge in [-0.2, -0.15) is 15.0 Å². The second-order valence-electron chi connectivity index (χ2n) is 2.56. The minimum absolute atomic E-state index is 0.604. The average molecular weight is 280 g/mol. The van der Waals surface area contributed by atoms with Crippen molar-refractivity contribution in [3.63, 3.8) is 0 Å². The van der Waals surface area contributed by atoms with Crippen LogP contribution in [0.5, 0.6) is 0 Å². The second-order valence-corrected chi connectivity index (χ2v) is 4.75. The Hall–Kier alpha value is 0.210. The number of nitrogens with zero attached hydrogens (tertiary/aromatic N) is 4. The van der Waals surface area contributed by atoms with Crippen molar-refractivity contribution in [3.8, 4) is 0 Å². The van der Waals surface area contributed by atoms with Crippen molar-refractivity contribution in [2.24, 2.45) is 0 Å². The summed E-state index contributed by atoms with van der Waals surface area (Å²) in [5, 5.41) is 1.21. The summed E-state index contributed by atoms with van der Waals surface area (Å²) < 4.78 is 0. The van der Waals surface area contributed by atoms with Gasteiger partial charge in [0.05, 0.1) is 0 Å². The fraction of sp³-hybridized carbons (Fsp3) is 0.571. The molecule has 15 heavy (non-hydrogen) atoms. The van der Waals surface area contributed by atoms with E-state index in [0.717, 1.165) is 13.1 Å². The zero-order chi connectivity index (χ0) is 11.3. The molecule has 0 atom stereocenters. The summed E-state index contributed by atoms with van der Waals surface area (Å²) in [6.07, 6.45) is 0. The molecule has 0 fully saturated rings. The Morgan fingerprint density at radius 1 is 1.00 bits per heavy atom. The highest BCUT2D eigenvalue weighted by Crippen LogP contribution is 2.24. The van der Waals surface area contributed by atoms with Gasteiger partial charge in [0.1, 0.15) is 0 Å². The summed E-state index contributed by atoms with van der Waals surface area (Å²) in [4.78, 5) is 14.8. The molecule has 1 aromatic rings. The van der Waals surface area contributed by atoms with Crippen LogP contribution in [0.2, 0.25) is 0 Å². The maximum Gasteiger partial charge on any atom is 0.230 e. The van der Waals surface area contributed by atoms with Gasteiger partial charge in [-0.3, -0.25) is 0 Å². The van der Waals surface area contributed by atoms with E-state index in [1.165, 1.54) is 21.6 Å². The lowest BCUT2D eigenvalue weighted by molar-refractivity contribution is 0.739. The van der Waals surface area contributed by atoms with Crippen LogP contribution in [0.4, 0.5) is 5.95 Å². The van der Waals surface area contributed by atoms with E-state index in [2.05, 4.69) is 57.0 Å². The molecule has 0 unspecified atom stereocenters. The van der Waals surface area contributed by atoms with E-state index in [1.54, 1.807) is 0 Å². The van der Waals surface area contributed by atoms with Crippen molar-refractivity contribution in [1.29, 1.82) is 0 Å². The molecule has 0 aliphatic rings. The number of hydrogen-bond acceptors (Lipinski definition) is 8. The normalized spacial score (nSPS) is 10.4. The van der Waals surface area contributed by atoms with Crippen LogP contribution in [0.3, 0.4) is 0 Å². The molecule has 1 heterocycles. The number of thiol groups is 2. The van der Waals surface area contributed by atoms with Gasteiger partial charge < -0.3 is 4.90 Å². The van der Waals surface area contributed by atoms with Crippen LogP contribution >= 0.6 is 44.9 Å². The highest BCUT2D eigenvalue weighted by molar-refractivity contribution is 8.69. The maximum atomic E-state index is 4.28. The van der Waals surface area contributed by atoms with Crippen LogP contribution in [0.15, 0.2) is 10.3 Å². The van der Waals surface area contributed by atoms with E-state index >= 15 is 0 Å². The van der Waals surface area contributed by atoms with Gasteiger partial charge in [0.15, 0.2) is 0 Å². The van der Waals surface area contributed by atoms with Gasteiger partial charge in [-0.1, -0.05) is 0 Å². The molecule has 0 saturated heterocycles. The minimum atomic E-state index is 0.604. The first kappa shape index (κ1) is 13.3. The van der Waals surface area contributed by atoms with Crippen LogP contribution in [0.1, 0.15) is 13.8 Å². The fourth-order valence-electron chi connectivity index (χ4n) is 1.06. The quantitative estimate of drug-likeness (QED) is 0.638. The molecule has 1 aromatic heterocycles. The van der Waals surface area contributed by atoms with Crippen molar-refractivity contribution in [3.05, 3.63) is 0 Å². The van der Waals surface area contributed by atoms with Gasteiger partial charge in [0.25, 0.3) is 0 Å². The molecular weight excluding hydrogens is 268 g/mol. The lowest BCUT2D eigenvalue weighted by atomic mass is 10.5. The third-order valence-electron chi connectivity index (χ3n) is 1.79. The van der Waals surface area contributed by atoms with E-state index in [0.29, 0.717) is 16.3 Å².